The molecule has 0 saturated heterocycles. The smallest absolute Gasteiger partial charge is 0.150 e. The van der Waals surface area contributed by atoms with Crippen LogP contribution in [-0.4, -0.2) is 37.8 Å². The molecule has 0 atom stereocenters. The molecule has 22 heavy (non-hydrogen) atoms. The maximum atomic E-state index is 8.93. The number of aliphatic hydroxyl groups is 1. The van der Waals surface area contributed by atoms with E-state index in [1.165, 1.54) is 0 Å². The summed E-state index contributed by atoms with van der Waals surface area (Å²) in [6.07, 6.45) is 5.84. The molecule has 0 spiro atoms. The zero-order valence-corrected chi connectivity index (χ0v) is 12.7. The second-order valence-corrected chi connectivity index (χ2v) is 5.18. The first-order chi connectivity index (χ1) is 10.7. The van der Waals surface area contributed by atoms with Crippen molar-refractivity contribution in [2.75, 3.05) is 18.5 Å². The number of nitrogens with one attached hydrogen (secondary N) is 1. The number of fused-ring (bicyclic) bond motifs is 1. The minimum absolute atomic E-state index is 0.163. The summed E-state index contributed by atoms with van der Waals surface area (Å²) in [6.45, 7) is 4.99. The van der Waals surface area contributed by atoms with Crippen LogP contribution in [0, 0.1) is 13.8 Å². The lowest BCUT2D eigenvalue weighted by molar-refractivity contribution is 0.292. The van der Waals surface area contributed by atoms with Gasteiger partial charge in [-0.25, -0.2) is 9.97 Å². The van der Waals surface area contributed by atoms with E-state index in [1.54, 1.807) is 12.5 Å². The minimum Gasteiger partial charge on any atom is -0.396 e. The van der Waals surface area contributed by atoms with E-state index in [-0.39, 0.29) is 6.61 Å². The first-order valence-electron chi connectivity index (χ1n) is 7.31. The van der Waals surface area contributed by atoms with Crippen LogP contribution in [0.1, 0.15) is 17.7 Å². The highest BCUT2D eigenvalue weighted by molar-refractivity contribution is 5.93. The molecular formula is C16H19N5O. The Morgan fingerprint density at radius 3 is 2.86 bits per heavy atom. The summed E-state index contributed by atoms with van der Waals surface area (Å²) < 4.78 is 2.09. The van der Waals surface area contributed by atoms with Gasteiger partial charge in [0.05, 0.1) is 17.3 Å². The van der Waals surface area contributed by atoms with Gasteiger partial charge in [-0.05, 0) is 38.0 Å². The van der Waals surface area contributed by atoms with Crippen molar-refractivity contribution in [3.63, 3.8) is 0 Å². The van der Waals surface area contributed by atoms with Crippen LogP contribution in [0.2, 0.25) is 0 Å². The number of hydrogen-bond acceptors (Lipinski definition) is 5. The lowest BCUT2D eigenvalue weighted by Gasteiger charge is -2.08. The number of aromatic nitrogens is 4. The molecular weight excluding hydrogens is 278 g/mol. The van der Waals surface area contributed by atoms with Crippen LogP contribution in [0.3, 0.4) is 0 Å². The summed E-state index contributed by atoms with van der Waals surface area (Å²) in [6, 6.07) is 3.93. The van der Waals surface area contributed by atoms with Crippen LogP contribution in [-0.2, 0) is 0 Å². The lowest BCUT2D eigenvalue weighted by Crippen LogP contribution is -2.06. The highest BCUT2D eigenvalue weighted by Gasteiger charge is 2.17. The number of rotatable bonds is 5. The Balaban J connectivity index is 2.16. The number of aliphatic hydroxyl groups excluding tert-OH is 1. The number of hydrogen-bond donors (Lipinski definition) is 2. The fourth-order valence-electron chi connectivity index (χ4n) is 2.62. The van der Waals surface area contributed by atoms with Crippen molar-refractivity contribution in [3.05, 3.63) is 42.1 Å². The van der Waals surface area contributed by atoms with Crippen molar-refractivity contribution < 1.29 is 5.11 Å². The van der Waals surface area contributed by atoms with Crippen molar-refractivity contribution in [2.24, 2.45) is 0 Å². The molecule has 3 heterocycles. The van der Waals surface area contributed by atoms with Gasteiger partial charge in [-0.3, -0.25) is 9.55 Å². The van der Waals surface area contributed by atoms with E-state index in [4.69, 9.17) is 5.11 Å². The highest BCUT2D eigenvalue weighted by atomic mass is 16.3. The van der Waals surface area contributed by atoms with E-state index in [9.17, 15) is 0 Å². The molecule has 3 rings (SSSR count). The number of anilines is 1. The van der Waals surface area contributed by atoms with Gasteiger partial charge in [-0.1, -0.05) is 0 Å². The van der Waals surface area contributed by atoms with Gasteiger partial charge < -0.3 is 10.4 Å². The average molecular weight is 297 g/mol. The van der Waals surface area contributed by atoms with Gasteiger partial charge >= 0.3 is 0 Å². The largest absolute Gasteiger partial charge is 0.396 e. The fraction of sp³-hybridized carbons (Fsp3) is 0.312. The maximum Gasteiger partial charge on any atom is 0.150 e. The molecule has 0 aliphatic carbocycles. The first kappa shape index (κ1) is 14.5. The van der Waals surface area contributed by atoms with E-state index in [0.717, 1.165) is 33.8 Å². The van der Waals surface area contributed by atoms with Gasteiger partial charge in [0.2, 0.25) is 0 Å². The third kappa shape index (κ3) is 2.42. The predicted octanol–water partition coefficient (Wildman–Crippen LogP) is 2.23. The molecule has 0 saturated carbocycles. The molecule has 0 aromatic carbocycles. The van der Waals surface area contributed by atoms with Crippen molar-refractivity contribution >= 4 is 16.9 Å². The second-order valence-electron chi connectivity index (χ2n) is 5.18. The molecule has 0 unspecified atom stereocenters. The third-order valence-electron chi connectivity index (χ3n) is 3.82. The van der Waals surface area contributed by atoms with Gasteiger partial charge in [0, 0.05) is 25.0 Å². The van der Waals surface area contributed by atoms with E-state index in [2.05, 4.69) is 38.7 Å². The molecule has 0 bridgehead atoms. The standard InChI is InChI=1S/C16H19N5O/c1-11-12(2)21(13-5-3-6-17-9-13)16-14(11)15(19-10-20-16)18-7-4-8-22/h3,5-6,9-10,22H,4,7-8H2,1-2H3,(H,18,19,20). The highest BCUT2D eigenvalue weighted by Crippen LogP contribution is 2.30. The lowest BCUT2D eigenvalue weighted by atomic mass is 10.2. The molecule has 0 aliphatic heterocycles. The van der Waals surface area contributed by atoms with Crippen LogP contribution >= 0.6 is 0 Å². The molecule has 0 amide bonds. The normalized spacial score (nSPS) is 11.0. The zero-order chi connectivity index (χ0) is 15.5. The summed E-state index contributed by atoms with van der Waals surface area (Å²) >= 11 is 0. The summed E-state index contributed by atoms with van der Waals surface area (Å²) in [5.41, 5.74) is 4.11. The Kier molecular flexibility index (Phi) is 4.02. The topological polar surface area (TPSA) is 75.9 Å². The molecule has 6 nitrogen and oxygen atoms in total. The van der Waals surface area contributed by atoms with Gasteiger partial charge in [-0.2, -0.15) is 0 Å². The molecule has 0 radical (unpaired) electrons. The van der Waals surface area contributed by atoms with E-state index in [1.807, 2.05) is 18.3 Å². The Morgan fingerprint density at radius 2 is 2.14 bits per heavy atom. The van der Waals surface area contributed by atoms with Crippen LogP contribution in [0.5, 0.6) is 0 Å². The number of nitrogens with zero attached hydrogens (tertiary/aromatic N) is 4. The molecule has 0 fully saturated rings. The van der Waals surface area contributed by atoms with Crippen molar-refractivity contribution in [3.8, 4) is 5.69 Å². The Labute approximate surface area is 128 Å². The van der Waals surface area contributed by atoms with Crippen LogP contribution in [0.4, 0.5) is 5.82 Å². The predicted molar refractivity (Wildman–Crippen MR) is 86.3 cm³/mol. The van der Waals surface area contributed by atoms with Crippen LogP contribution < -0.4 is 5.32 Å². The molecule has 3 aromatic heterocycles. The van der Waals surface area contributed by atoms with Gasteiger partial charge in [-0.15, -0.1) is 0 Å². The SMILES string of the molecule is Cc1c(C)n(-c2cccnc2)c2ncnc(NCCCO)c12. The summed E-state index contributed by atoms with van der Waals surface area (Å²) in [5, 5.41) is 13.2. The molecule has 0 aliphatic rings. The van der Waals surface area contributed by atoms with E-state index < -0.39 is 0 Å². The monoisotopic (exact) mass is 297 g/mol. The summed E-state index contributed by atoms with van der Waals surface area (Å²) in [5.74, 6) is 0.807. The van der Waals surface area contributed by atoms with Crippen LogP contribution in [0.15, 0.2) is 30.9 Å². The minimum atomic E-state index is 0.163. The third-order valence-corrected chi connectivity index (χ3v) is 3.82. The molecule has 2 N–H and O–H groups in total. The van der Waals surface area contributed by atoms with Crippen molar-refractivity contribution in [1.29, 1.82) is 0 Å². The number of pyridine rings is 1. The molecule has 3 aromatic rings. The summed E-state index contributed by atoms with van der Waals surface area (Å²) in [4.78, 5) is 13.0. The summed E-state index contributed by atoms with van der Waals surface area (Å²) in [7, 11) is 0. The van der Waals surface area contributed by atoms with Gasteiger partial charge in [0.15, 0.2) is 5.65 Å². The molecule has 6 heteroatoms. The van der Waals surface area contributed by atoms with E-state index in [0.29, 0.717) is 13.0 Å². The Hall–Kier alpha value is -2.47. The van der Waals surface area contributed by atoms with E-state index >= 15 is 0 Å². The van der Waals surface area contributed by atoms with Crippen molar-refractivity contribution in [2.45, 2.75) is 20.3 Å². The quantitative estimate of drug-likeness (QED) is 0.706. The second kappa shape index (κ2) is 6.11. The Morgan fingerprint density at radius 1 is 1.27 bits per heavy atom. The maximum absolute atomic E-state index is 8.93. The molecule has 114 valence electrons. The Bertz CT molecular complexity index is 782. The fourth-order valence-corrected chi connectivity index (χ4v) is 2.62. The number of aryl methyl sites for hydroxylation is 1. The first-order valence-corrected chi connectivity index (χ1v) is 7.31. The van der Waals surface area contributed by atoms with Gasteiger partial charge in [0.1, 0.15) is 12.1 Å². The van der Waals surface area contributed by atoms with Crippen LogP contribution in [0.25, 0.3) is 16.7 Å². The van der Waals surface area contributed by atoms with Crippen molar-refractivity contribution in [1.82, 2.24) is 19.5 Å². The zero-order valence-electron chi connectivity index (χ0n) is 12.7. The average Bonchev–Trinajstić information content (AvgIpc) is 2.81. The van der Waals surface area contributed by atoms with Gasteiger partial charge in [0.25, 0.3) is 0 Å².